The van der Waals surface area contributed by atoms with E-state index in [9.17, 15) is 9.59 Å². The third-order valence-electron chi connectivity index (χ3n) is 3.77. The molecule has 1 fully saturated rings. The molecule has 1 saturated heterocycles. The number of hydrogen-bond acceptors (Lipinski definition) is 5. The van der Waals surface area contributed by atoms with E-state index in [2.05, 4.69) is 10.2 Å². The molecule has 6 heteroatoms. The van der Waals surface area contributed by atoms with Crippen LogP contribution in [0.15, 0.2) is 17.5 Å². The summed E-state index contributed by atoms with van der Waals surface area (Å²) < 4.78 is 5.27. The zero-order valence-electron chi connectivity index (χ0n) is 14.1. The summed E-state index contributed by atoms with van der Waals surface area (Å²) in [6.45, 7) is 7.38. The number of nitrogens with one attached hydrogen (secondary N) is 1. The Bertz CT molecular complexity index is 522. The second-order valence-corrected chi connectivity index (χ2v) is 7.85. The number of amides is 1. The van der Waals surface area contributed by atoms with E-state index < -0.39 is 11.7 Å². The highest BCUT2D eigenvalue weighted by Crippen LogP contribution is 2.18. The molecule has 1 aromatic heterocycles. The maximum absolute atomic E-state index is 12.3. The fraction of sp³-hybridized carbons (Fsp3) is 0.647. The van der Waals surface area contributed by atoms with Crippen molar-refractivity contribution < 1.29 is 14.3 Å². The summed E-state index contributed by atoms with van der Waals surface area (Å²) in [7, 11) is 0. The van der Waals surface area contributed by atoms with Gasteiger partial charge in [0.05, 0.1) is 11.4 Å². The first-order valence-corrected chi connectivity index (χ1v) is 9.01. The van der Waals surface area contributed by atoms with E-state index in [4.69, 9.17) is 4.74 Å². The minimum absolute atomic E-state index is 0.157. The van der Waals surface area contributed by atoms with E-state index in [0.717, 1.165) is 30.7 Å². The number of alkyl carbamates (subject to hydrolysis) is 1. The normalized spacial score (nSPS) is 19.3. The quantitative estimate of drug-likeness (QED) is 0.837. The Balaban J connectivity index is 1.86. The van der Waals surface area contributed by atoms with Crippen LogP contribution in [-0.2, 0) is 4.74 Å². The first kappa shape index (κ1) is 17.9. The highest BCUT2D eigenvalue weighted by molar-refractivity contribution is 7.12. The van der Waals surface area contributed by atoms with Gasteiger partial charge in [0.2, 0.25) is 0 Å². The van der Waals surface area contributed by atoms with Crippen LogP contribution in [0.3, 0.4) is 0 Å². The Morgan fingerprint density at radius 3 is 2.83 bits per heavy atom. The van der Waals surface area contributed by atoms with E-state index in [1.165, 1.54) is 11.3 Å². The van der Waals surface area contributed by atoms with Crippen molar-refractivity contribution in [2.45, 2.75) is 51.7 Å². The van der Waals surface area contributed by atoms with Gasteiger partial charge in [-0.15, -0.1) is 11.3 Å². The third-order valence-corrected chi connectivity index (χ3v) is 4.68. The van der Waals surface area contributed by atoms with Crippen molar-refractivity contribution in [3.63, 3.8) is 0 Å². The minimum Gasteiger partial charge on any atom is -0.444 e. The molecule has 1 aliphatic rings. The van der Waals surface area contributed by atoms with E-state index in [0.29, 0.717) is 13.1 Å². The average molecular weight is 338 g/mol. The number of rotatable bonds is 5. The summed E-state index contributed by atoms with van der Waals surface area (Å²) in [5.41, 5.74) is -0.495. The Morgan fingerprint density at radius 2 is 2.17 bits per heavy atom. The summed E-state index contributed by atoms with van der Waals surface area (Å²) >= 11 is 1.48. The number of nitrogens with zero attached hydrogens (tertiary/aromatic N) is 1. The molecule has 2 rings (SSSR count). The van der Waals surface area contributed by atoms with Gasteiger partial charge in [-0.2, -0.15) is 0 Å². The number of ether oxygens (including phenoxy) is 1. The number of likely N-dealkylation sites (tertiary alicyclic amines) is 1. The van der Waals surface area contributed by atoms with Crippen molar-refractivity contribution in [1.82, 2.24) is 10.2 Å². The molecule has 1 N–H and O–H groups in total. The van der Waals surface area contributed by atoms with Crippen LogP contribution in [0, 0.1) is 0 Å². The summed E-state index contributed by atoms with van der Waals surface area (Å²) in [6.07, 6.45) is 2.83. The fourth-order valence-electron chi connectivity index (χ4n) is 2.71. The lowest BCUT2D eigenvalue weighted by Crippen LogP contribution is -2.49. The minimum atomic E-state index is -0.495. The van der Waals surface area contributed by atoms with Crippen LogP contribution in [-0.4, -0.2) is 48.1 Å². The summed E-state index contributed by atoms with van der Waals surface area (Å²) in [6, 6.07) is 3.96. The Kier molecular flexibility index (Phi) is 6.18. The smallest absolute Gasteiger partial charge is 0.407 e. The van der Waals surface area contributed by atoms with Crippen LogP contribution < -0.4 is 5.32 Å². The molecule has 5 nitrogen and oxygen atoms in total. The summed E-state index contributed by atoms with van der Waals surface area (Å²) in [4.78, 5) is 27.1. The van der Waals surface area contributed by atoms with Crippen molar-refractivity contribution in [2.24, 2.45) is 0 Å². The molecule has 0 spiro atoms. The number of Topliss-reactive ketones (excluding diaryl/α,β-unsaturated/α-hetero) is 1. The number of ketones is 1. The van der Waals surface area contributed by atoms with Gasteiger partial charge in [-0.3, -0.25) is 9.69 Å². The van der Waals surface area contributed by atoms with Crippen molar-refractivity contribution in [3.05, 3.63) is 22.4 Å². The first-order chi connectivity index (χ1) is 10.8. The Labute approximate surface area is 142 Å². The van der Waals surface area contributed by atoms with E-state index in [1.807, 2.05) is 38.3 Å². The second kappa shape index (κ2) is 7.93. The SMILES string of the molecule is CC(C)(C)OC(=O)NC[C@H]1CCCCN1CC(=O)c1cccs1. The van der Waals surface area contributed by atoms with Gasteiger partial charge in [-0.1, -0.05) is 12.5 Å². The molecule has 2 heterocycles. The van der Waals surface area contributed by atoms with Crippen LogP contribution in [0.5, 0.6) is 0 Å². The molecule has 0 bridgehead atoms. The van der Waals surface area contributed by atoms with Crippen LogP contribution in [0.25, 0.3) is 0 Å². The van der Waals surface area contributed by atoms with Gasteiger partial charge in [0.25, 0.3) is 0 Å². The molecule has 128 valence electrons. The number of piperidine rings is 1. The van der Waals surface area contributed by atoms with Crippen LogP contribution in [0.4, 0.5) is 4.79 Å². The maximum Gasteiger partial charge on any atom is 0.407 e. The van der Waals surface area contributed by atoms with Crippen molar-refractivity contribution in [2.75, 3.05) is 19.6 Å². The van der Waals surface area contributed by atoms with E-state index in [-0.39, 0.29) is 11.8 Å². The lowest BCUT2D eigenvalue weighted by Gasteiger charge is -2.35. The molecule has 1 aliphatic heterocycles. The lowest BCUT2D eigenvalue weighted by atomic mass is 10.0. The van der Waals surface area contributed by atoms with Gasteiger partial charge in [-0.25, -0.2) is 4.79 Å². The average Bonchev–Trinajstić information content (AvgIpc) is 2.99. The topological polar surface area (TPSA) is 58.6 Å². The maximum atomic E-state index is 12.3. The molecule has 0 unspecified atom stereocenters. The molecule has 1 atom stereocenters. The van der Waals surface area contributed by atoms with Gasteiger partial charge in [-0.05, 0) is 51.6 Å². The van der Waals surface area contributed by atoms with E-state index >= 15 is 0 Å². The first-order valence-electron chi connectivity index (χ1n) is 8.13. The van der Waals surface area contributed by atoms with Gasteiger partial charge >= 0.3 is 6.09 Å². The number of hydrogen-bond donors (Lipinski definition) is 1. The number of carbonyl (C=O) groups is 2. The highest BCUT2D eigenvalue weighted by Gasteiger charge is 2.26. The lowest BCUT2D eigenvalue weighted by molar-refractivity contribution is 0.0495. The predicted octanol–water partition coefficient (Wildman–Crippen LogP) is 3.31. The molecular weight excluding hydrogens is 312 g/mol. The number of carbonyl (C=O) groups excluding carboxylic acids is 2. The molecule has 0 aromatic carbocycles. The number of thiophene rings is 1. The highest BCUT2D eigenvalue weighted by atomic mass is 32.1. The van der Waals surface area contributed by atoms with Gasteiger partial charge < -0.3 is 10.1 Å². The monoisotopic (exact) mass is 338 g/mol. The summed E-state index contributed by atoms with van der Waals surface area (Å²) in [5.74, 6) is 0.157. The molecule has 0 radical (unpaired) electrons. The third kappa shape index (κ3) is 5.95. The second-order valence-electron chi connectivity index (χ2n) is 6.90. The van der Waals surface area contributed by atoms with Crippen LogP contribution in [0.1, 0.15) is 49.7 Å². The van der Waals surface area contributed by atoms with Crippen molar-refractivity contribution >= 4 is 23.2 Å². The molecular formula is C17H26N2O3S. The Morgan fingerprint density at radius 1 is 1.39 bits per heavy atom. The van der Waals surface area contributed by atoms with Gasteiger partial charge in [0.15, 0.2) is 5.78 Å². The van der Waals surface area contributed by atoms with Crippen molar-refractivity contribution in [1.29, 1.82) is 0 Å². The zero-order valence-corrected chi connectivity index (χ0v) is 14.9. The van der Waals surface area contributed by atoms with Crippen molar-refractivity contribution in [3.8, 4) is 0 Å². The van der Waals surface area contributed by atoms with Gasteiger partial charge in [0.1, 0.15) is 5.60 Å². The molecule has 1 amide bonds. The van der Waals surface area contributed by atoms with Gasteiger partial charge in [0, 0.05) is 12.6 Å². The van der Waals surface area contributed by atoms with Crippen LogP contribution in [0.2, 0.25) is 0 Å². The molecule has 23 heavy (non-hydrogen) atoms. The standard InChI is InChI=1S/C17H26N2O3S/c1-17(2,3)22-16(21)18-11-13-7-4-5-9-19(13)12-14(20)15-8-6-10-23-15/h6,8,10,13H,4-5,7,9,11-12H2,1-3H3,(H,18,21)/t13-/m1/s1. The van der Waals surface area contributed by atoms with Crippen LogP contribution >= 0.6 is 11.3 Å². The molecule has 0 saturated carbocycles. The molecule has 1 aromatic rings. The Hall–Kier alpha value is -1.40. The zero-order chi connectivity index (χ0) is 16.9. The predicted molar refractivity (Wildman–Crippen MR) is 92.1 cm³/mol. The fourth-order valence-corrected chi connectivity index (χ4v) is 3.37. The van der Waals surface area contributed by atoms with E-state index in [1.54, 1.807) is 0 Å². The largest absolute Gasteiger partial charge is 0.444 e. The summed E-state index contributed by atoms with van der Waals surface area (Å²) in [5, 5.41) is 4.76. The molecule has 0 aliphatic carbocycles.